The zero-order chi connectivity index (χ0) is 11.9. The number of nitrogens with zero attached hydrogens (tertiary/aromatic N) is 2. The zero-order valence-corrected chi connectivity index (χ0v) is 7.79. The van der Waals surface area contributed by atoms with Crippen LogP contribution in [0.5, 0.6) is 0 Å². The van der Waals surface area contributed by atoms with Gasteiger partial charge in [0.1, 0.15) is 5.41 Å². The summed E-state index contributed by atoms with van der Waals surface area (Å²) < 4.78 is 40.4. The van der Waals surface area contributed by atoms with Gasteiger partial charge in [-0.3, -0.25) is 4.79 Å². The average molecular weight is 224 g/mol. The first-order chi connectivity index (χ1) is 6.65. The second-order valence-corrected chi connectivity index (χ2v) is 3.34. The van der Waals surface area contributed by atoms with Crippen molar-refractivity contribution in [2.24, 2.45) is 0 Å². The fourth-order valence-electron chi connectivity index (χ4n) is 0.682. The number of alkyl halides is 3. The molecule has 0 fully saturated rings. The zero-order valence-electron chi connectivity index (χ0n) is 7.79. The number of carbonyl (C=O) groups is 1. The van der Waals surface area contributed by atoms with Gasteiger partial charge in [0.25, 0.3) is 0 Å². The van der Waals surface area contributed by atoms with Gasteiger partial charge in [-0.05, 0) is 13.8 Å². The third-order valence-electron chi connectivity index (χ3n) is 1.74. The fourth-order valence-corrected chi connectivity index (χ4v) is 0.682. The van der Waals surface area contributed by atoms with Gasteiger partial charge in [0.2, 0.25) is 5.89 Å². The predicted octanol–water partition coefficient (Wildman–Crippen LogP) is 1.45. The average Bonchev–Trinajstić information content (AvgIpc) is 2.50. The lowest BCUT2D eigenvalue weighted by molar-refractivity contribution is -0.159. The molecule has 0 saturated heterocycles. The SMILES string of the molecule is CC(C)(C(=O)O)c1nnc(C(F)(F)F)o1. The maximum absolute atomic E-state index is 12.0. The summed E-state index contributed by atoms with van der Waals surface area (Å²) in [5, 5.41) is 14.5. The van der Waals surface area contributed by atoms with Crippen molar-refractivity contribution in [2.75, 3.05) is 0 Å². The summed E-state index contributed by atoms with van der Waals surface area (Å²) in [4.78, 5) is 10.7. The van der Waals surface area contributed by atoms with Gasteiger partial charge in [0.15, 0.2) is 0 Å². The number of carboxylic acids is 1. The minimum absolute atomic E-state index is 0.581. The third-order valence-corrected chi connectivity index (χ3v) is 1.74. The number of carboxylic acid groups (broad SMARTS) is 1. The molecule has 1 aromatic heterocycles. The van der Waals surface area contributed by atoms with Gasteiger partial charge in [-0.2, -0.15) is 13.2 Å². The molecule has 1 heterocycles. The highest BCUT2D eigenvalue weighted by Crippen LogP contribution is 2.30. The number of aromatic nitrogens is 2. The molecule has 0 aliphatic carbocycles. The van der Waals surface area contributed by atoms with Crippen LogP contribution in [0.3, 0.4) is 0 Å². The van der Waals surface area contributed by atoms with E-state index in [0.29, 0.717) is 0 Å². The molecule has 0 atom stereocenters. The van der Waals surface area contributed by atoms with Crippen LogP contribution in [-0.4, -0.2) is 21.3 Å². The Morgan fingerprint density at radius 3 is 2.07 bits per heavy atom. The Hall–Kier alpha value is -1.60. The molecule has 5 nitrogen and oxygen atoms in total. The van der Waals surface area contributed by atoms with Gasteiger partial charge in [-0.15, -0.1) is 10.2 Å². The second-order valence-electron chi connectivity index (χ2n) is 3.34. The molecule has 0 aliphatic heterocycles. The first-order valence-corrected chi connectivity index (χ1v) is 3.80. The molecule has 84 valence electrons. The van der Waals surface area contributed by atoms with Crippen LogP contribution < -0.4 is 0 Å². The normalized spacial score (nSPS) is 12.9. The van der Waals surface area contributed by atoms with Crippen molar-refractivity contribution in [2.45, 2.75) is 25.4 Å². The number of halogens is 3. The summed E-state index contributed by atoms with van der Waals surface area (Å²) in [6.45, 7) is 2.34. The van der Waals surface area contributed by atoms with Crippen LogP contribution in [0.25, 0.3) is 0 Å². The topological polar surface area (TPSA) is 76.2 Å². The monoisotopic (exact) mass is 224 g/mol. The van der Waals surface area contributed by atoms with Crippen LogP contribution in [0.2, 0.25) is 0 Å². The highest BCUT2D eigenvalue weighted by Gasteiger charge is 2.42. The molecule has 8 heteroatoms. The molecule has 1 N–H and O–H groups in total. The van der Waals surface area contributed by atoms with Crippen LogP contribution in [0.1, 0.15) is 25.6 Å². The Morgan fingerprint density at radius 1 is 1.27 bits per heavy atom. The standard InChI is InChI=1S/C7H7F3N2O3/c1-6(2,5(13)14)3-11-12-4(15-3)7(8,9)10/h1-2H3,(H,13,14). The van der Waals surface area contributed by atoms with Gasteiger partial charge in [-0.1, -0.05) is 0 Å². The molecular weight excluding hydrogens is 217 g/mol. The summed E-state index contributed by atoms with van der Waals surface area (Å²) in [5.41, 5.74) is -1.64. The van der Waals surface area contributed by atoms with E-state index in [-0.39, 0.29) is 0 Å². The van der Waals surface area contributed by atoms with Crippen LogP contribution in [-0.2, 0) is 16.4 Å². The molecule has 0 radical (unpaired) electrons. The molecule has 0 amide bonds. The molecule has 0 aliphatic rings. The molecule has 0 unspecified atom stereocenters. The van der Waals surface area contributed by atoms with Crippen LogP contribution in [0.15, 0.2) is 4.42 Å². The van der Waals surface area contributed by atoms with E-state index in [4.69, 9.17) is 5.11 Å². The minimum Gasteiger partial charge on any atom is -0.480 e. The van der Waals surface area contributed by atoms with Crippen molar-refractivity contribution in [1.82, 2.24) is 10.2 Å². The van der Waals surface area contributed by atoms with Crippen molar-refractivity contribution >= 4 is 5.97 Å². The molecule has 0 spiro atoms. The lowest BCUT2D eigenvalue weighted by Gasteiger charge is -2.12. The minimum atomic E-state index is -4.76. The molecule has 1 aromatic rings. The highest BCUT2D eigenvalue weighted by molar-refractivity contribution is 5.78. The van der Waals surface area contributed by atoms with Crippen molar-refractivity contribution in [3.63, 3.8) is 0 Å². The third kappa shape index (κ3) is 2.08. The molecule has 0 aromatic carbocycles. The van der Waals surface area contributed by atoms with Gasteiger partial charge < -0.3 is 9.52 Å². The van der Waals surface area contributed by atoms with Gasteiger partial charge >= 0.3 is 18.0 Å². The predicted molar refractivity (Wildman–Crippen MR) is 40.0 cm³/mol. The summed E-state index contributed by atoms with van der Waals surface area (Å²) in [5.74, 6) is -3.48. The van der Waals surface area contributed by atoms with E-state index in [9.17, 15) is 18.0 Å². The fraction of sp³-hybridized carbons (Fsp3) is 0.571. The Bertz CT molecular complexity index is 383. The summed E-state index contributed by atoms with van der Waals surface area (Å²) >= 11 is 0. The van der Waals surface area contributed by atoms with Gasteiger partial charge in [-0.25, -0.2) is 0 Å². The summed E-state index contributed by atoms with van der Waals surface area (Å²) in [6.07, 6.45) is -4.76. The Morgan fingerprint density at radius 2 is 1.73 bits per heavy atom. The first-order valence-electron chi connectivity index (χ1n) is 3.80. The molecule has 0 bridgehead atoms. The number of hydrogen-bond donors (Lipinski definition) is 1. The number of aliphatic carboxylic acids is 1. The van der Waals surface area contributed by atoms with E-state index in [1.54, 1.807) is 0 Å². The van der Waals surface area contributed by atoms with Gasteiger partial charge in [0, 0.05) is 0 Å². The summed E-state index contributed by atoms with van der Waals surface area (Å²) in [7, 11) is 0. The first kappa shape index (κ1) is 11.5. The van der Waals surface area contributed by atoms with E-state index in [2.05, 4.69) is 14.6 Å². The highest BCUT2D eigenvalue weighted by atomic mass is 19.4. The maximum Gasteiger partial charge on any atom is 0.470 e. The van der Waals surface area contributed by atoms with E-state index < -0.39 is 29.3 Å². The summed E-state index contributed by atoms with van der Waals surface area (Å²) in [6, 6.07) is 0. The number of hydrogen-bond acceptors (Lipinski definition) is 4. The van der Waals surface area contributed by atoms with E-state index in [1.807, 2.05) is 0 Å². The molecule has 0 saturated carbocycles. The van der Waals surface area contributed by atoms with E-state index >= 15 is 0 Å². The molecular formula is C7H7F3N2O3. The lowest BCUT2D eigenvalue weighted by Crippen LogP contribution is -2.28. The molecule has 1 rings (SSSR count). The van der Waals surface area contributed by atoms with Crippen LogP contribution >= 0.6 is 0 Å². The Labute approximate surface area is 81.9 Å². The van der Waals surface area contributed by atoms with Crippen molar-refractivity contribution < 1.29 is 27.5 Å². The van der Waals surface area contributed by atoms with E-state index in [1.165, 1.54) is 13.8 Å². The maximum atomic E-state index is 12.0. The van der Waals surface area contributed by atoms with Crippen molar-refractivity contribution in [3.8, 4) is 0 Å². The quantitative estimate of drug-likeness (QED) is 0.822. The molecule has 15 heavy (non-hydrogen) atoms. The van der Waals surface area contributed by atoms with E-state index in [0.717, 1.165) is 0 Å². The number of rotatable bonds is 2. The van der Waals surface area contributed by atoms with Crippen LogP contribution in [0.4, 0.5) is 13.2 Å². The van der Waals surface area contributed by atoms with Gasteiger partial charge in [0.05, 0.1) is 0 Å². The smallest absolute Gasteiger partial charge is 0.470 e. The largest absolute Gasteiger partial charge is 0.480 e. The van der Waals surface area contributed by atoms with Crippen molar-refractivity contribution in [1.29, 1.82) is 0 Å². The van der Waals surface area contributed by atoms with Crippen molar-refractivity contribution in [3.05, 3.63) is 11.8 Å². The second kappa shape index (κ2) is 3.21. The lowest BCUT2D eigenvalue weighted by atomic mass is 9.94. The Kier molecular flexibility index (Phi) is 2.46. The Balaban J connectivity index is 3.10. The van der Waals surface area contributed by atoms with Crippen LogP contribution in [0, 0.1) is 0 Å².